The maximum Gasteiger partial charge on any atom is 0.180 e. The van der Waals surface area contributed by atoms with Gasteiger partial charge in [0.2, 0.25) is 0 Å². The van der Waals surface area contributed by atoms with Crippen molar-refractivity contribution in [3.05, 3.63) is 82.1 Å². The van der Waals surface area contributed by atoms with E-state index < -0.39 is 0 Å². The second-order valence-electron chi connectivity index (χ2n) is 7.37. The molecule has 8 heteroatoms. The number of hydrogen-bond acceptors (Lipinski definition) is 5. The van der Waals surface area contributed by atoms with E-state index in [2.05, 4.69) is 5.32 Å². The van der Waals surface area contributed by atoms with Gasteiger partial charge in [-0.15, -0.1) is 12.4 Å². The minimum atomic E-state index is -0.283. The van der Waals surface area contributed by atoms with E-state index in [0.29, 0.717) is 35.4 Å². The molecule has 0 radical (unpaired) electrons. The lowest BCUT2D eigenvalue weighted by Gasteiger charge is -2.16. The number of rotatable bonds is 12. The Kier molecular flexibility index (Phi) is 11.3. The van der Waals surface area contributed by atoms with Crippen molar-refractivity contribution in [2.45, 2.75) is 26.5 Å². The monoisotopic (exact) mass is 509 g/mol. The van der Waals surface area contributed by atoms with Gasteiger partial charge in [0.1, 0.15) is 12.4 Å². The van der Waals surface area contributed by atoms with Crippen LogP contribution in [0.25, 0.3) is 0 Å². The summed E-state index contributed by atoms with van der Waals surface area (Å²) in [6, 6.07) is 15.9. The molecule has 0 saturated heterocycles. The van der Waals surface area contributed by atoms with Crippen molar-refractivity contribution in [3.63, 3.8) is 0 Å². The molecule has 0 heterocycles. The number of methoxy groups -OCH3 is 2. The molecular formula is C26H30Cl2FNO4. The average molecular weight is 510 g/mol. The van der Waals surface area contributed by atoms with E-state index >= 15 is 0 Å². The summed E-state index contributed by atoms with van der Waals surface area (Å²) in [4.78, 5) is 0. The number of hydrogen-bond donors (Lipinski definition) is 1. The second-order valence-corrected chi connectivity index (χ2v) is 7.78. The topological polar surface area (TPSA) is 49.0 Å². The highest BCUT2D eigenvalue weighted by Crippen LogP contribution is 2.37. The van der Waals surface area contributed by atoms with Crippen molar-refractivity contribution in [1.29, 1.82) is 0 Å². The zero-order chi connectivity index (χ0) is 23.6. The lowest BCUT2D eigenvalue weighted by atomic mass is 10.1. The number of benzene rings is 3. The summed E-state index contributed by atoms with van der Waals surface area (Å²) >= 11 is 6.51. The summed E-state index contributed by atoms with van der Waals surface area (Å²) in [5.74, 6) is 2.23. The van der Waals surface area contributed by atoms with E-state index in [1.54, 1.807) is 26.4 Å². The molecule has 0 aliphatic heterocycles. The maximum atomic E-state index is 13.1. The van der Waals surface area contributed by atoms with Gasteiger partial charge in [0.15, 0.2) is 23.0 Å². The predicted octanol–water partition coefficient (Wildman–Crippen LogP) is 6.23. The van der Waals surface area contributed by atoms with Crippen molar-refractivity contribution >= 4 is 24.0 Å². The molecule has 34 heavy (non-hydrogen) atoms. The van der Waals surface area contributed by atoms with Gasteiger partial charge in [0, 0.05) is 6.54 Å². The Bertz CT molecular complexity index is 1050. The Morgan fingerprint density at radius 2 is 1.50 bits per heavy atom. The Labute approximate surface area is 211 Å². The van der Waals surface area contributed by atoms with Crippen molar-refractivity contribution in [2.24, 2.45) is 0 Å². The first-order chi connectivity index (χ1) is 16.0. The van der Waals surface area contributed by atoms with Crippen molar-refractivity contribution in [1.82, 2.24) is 5.32 Å². The highest BCUT2D eigenvalue weighted by atomic mass is 35.5. The lowest BCUT2D eigenvalue weighted by molar-refractivity contribution is 0.269. The van der Waals surface area contributed by atoms with E-state index in [1.807, 2.05) is 37.3 Å². The van der Waals surface area contributed by atoms with Gasteiger partial charge >= 0.3 is 0 Å². The molecule has 0 aliphatic carbocycles. The molecular weight excluding hydrogens is 480 g/mol. The van der Waals surface area contributed by atoms with Gasteiger partial charge in [-0.25, -0.2) is 4.39 Å². The lowest BCUT2D eigenvalue weighted by Crippen LogP contribution is -2.17. The Hall–Kier alpha value is -2.67. The van der Waals surface area contributed by atoms with Crippen LogP contribution in [0.15, 0.2) is 54.6 Å². The third kappa shape index (κ3) is 7.69. The SMILES string of the molecule is CCOc1cc(CNCCc2ccc(OC)c(OC)c2)cc(Cl)c1OCc1ccc(F)cc1.Cl. The first kappa shape index (κ1) is 27.6. The van der Waals surface area contributed by atoms with E-state index in [-0.39, 0.29) is 24.8 Å². The number of halogens is 3. The summed E-state index contributed by atoms with van der Waals surface area (Å²) in [6.07, 6.45) is 0.839. The third-order valence-electron chi connectivity index (χ3n) is 5.03. The van der Waals surface area contributed by atoms with Crippen molar-refractivity contribution < 1.29 is 23.3 Å². The van der Waals surface area contributed by atoms with E-state index in [9.17, 15) is 4.39 Å². The molecule has 3 rings (SSSR count). The molecule has 184 valence electrons. The molecule has 0 spiro atoms. The van der Waals surface area contributed by atoms with Gasteiger partial charge in [-0.1, -0.05) is 29.8 Å². The van der Waals surface area contributed by atoms with Gasteiger partial charge in [0.05, 0.1) is 25.8 Å². The quantitative estimate of drug-likeness (QED) is 0.293. The largest absolute Gasteiger partial charge is 0.493 e. The smallest absolute Gasteiger partial charge is 0.180 e. The fourth-order valence-corrected chi connectivity index (χ4v) is 3.65. The van der Waals surface area contributed by atoms with E-state index in [0.717, 1.165) is 35.4 Å². The van der Waals surface area contributed by atoms with Crippen LogP contribution in [0.5, 0.6) is 23.0 Å². The van der Waals surface area contributed by atoms with Gasteiger partial charge in [0.25, 0.3) is 0 Å². The molecule has 0 bridgehead atoms. The number of ether oxygens (including phenoxy) is 4. The van der Waals surface area contributed by atoms with Gasteiger partial charge in [-0.05, 0) is 73.0 Å². The average Bonchev–Trinajstić information content (AvgIpc) is 2.82. The highest BCUT2D eigenvalue weighted by Gasteiger charge is 2.13. The maximum absolute atomic E-state index is 13.1. The van der Waals surface area contributed by atoms with Gasteiger partial charge < -0.3 is 24.3 Å². The third-order valence-corrected chi connectivity index (χ3v) is 5.31. The molecule has 0 saturated carbocycles. The Balaban J connectivity index is 0.00000408. The fraction of sp³-hybridized carbons (Fsp3) is 0.308. The molecule has 1 N–H and O–H groups in total. The number of nitrogens with one attached hydrogen (secondary N) is 1. The van der Waals surface area contributed by atoms with Crippen LogP contribution in [0.4, 0.5) is 4.39 Å². The van der Waals surface area contributed by atoms with Crippen LogP contribution in [0, 0.1) is 5.82 Å². The zero-order valence-electron chi connectivity index (χ0n) is 19.5. The minimum Gasteiger partial charge on any atom is -0.493 e. The molecule has 5 nitrogen and oxygen atoms in total. The van der Waals surface area contributed by atoms with E-state index in [4.69, 9.17) is 30.5 Å². The molecule has 0 aliphatic rings. The van der Waals surface area contributed by atoms with Crippen LogP contribution in [0.2, 0.25) is 5.02 Å². The Morgan fingerprint density at radius 3 is 2.18 bits per heavy atom. The highest BCUT2D eigenvalue weighted by molar-refractivity contribution is 6.32. The molecule has 3 aromatic rings. The summed E-state index contributed by atoms with van der Waals surface area (Å²) in [7, 11) is 3.26. The molecule has 3 aromatic carbocycles. The first-order valence-corrected chi connectivity index (χ1v) is 11.2. The van der Waals surface area contributed by atoms with Crippen LogP contribution >= 0.6 is 24.0 Å². The molecule has 0 aromatic heterocycles. The fourth-order valence-electron chi connectivity index (χ4n) is 3.36. The molecule has 0 amide bonds. The van der Waals surface area contributed by atoms with Gasteiger partial charge in [-0.2, -0.15) is 0 Å². The standard InChI is InChI=1S/C26H29ClFNO4.ClH/c1-4-32-25-15-20(13-22(27)26(25)33-17-19-5-8-21(28)9-6-19)16-29-12-11-18-7-10-23(30-2)24(14-18)31-3;/h5-10,13-15,29H,4,11-12,16-17H2,1-3H3;1H. The van der Waals surface area contributed by atoms with Crippen LogP contribution in [0.1, 0.15) is 23.6 Å². The summed E-state index contributed by atoms with van der Waals surface area (Å²) < 4.78 is 35.4. The molecule has 0 unspecified atom stereocenters. The van der Waals surface area contributed by atoms with Crippen molar-refractivity contribution in [3.8, 4) is 23.0 Å². The minimum absolute atomic E-state index is 0. The summed E-state index contributed by atoms with van der Waals surface area (Å²) in [5, 5.41) is 3.90. The van der Waals surface area contributed by atoms with E-state index in [1.165, 1.54) is 12.1 Å². The summed E-state index contributed by atoms with van der Waals surface area (Å²) in [5.41, 5.74) is 2.98. The predicted molar refractivity (Wildman–Crippen MR) is 136 cm³/mol. The Morgan fingerprint density at radius 1 is 0.824 bits per heavy atom. The summed E-state index contributed by atoms with van der Waals surface area (Å²) in [6.45, 7) is 4.07. The van der Waals surface area contributed by atoms with Crippen LogP contribution in [-0.2, 0) is 19.6 Å². The zero-order valence-corrected chi connectivity index (χ0v) is 21.1. The van der Waals surface area contributed by atoms with Crippen molar-refractivity contribution in [2.75, 3.05) is 27.4 Å². The molecule has 0 atom stereocenters. The van der Waals surface area contributed by atoms with Crippen LogP contribution in [0.3, 0.4) is 0 Å². The van der Waals surface area contributed by atoms with Crippen LogP contribution in [-0.4, -0.2) is 27.4 Å². The first-order valence-electron chi connectivity index (χ1n) is 10.8. The molecule has 0 fully saturated rings. The normalized spacial score (nSPS) is 10.4. The van der Waals surface area contributed by atoms with Gasteiger partial charge in [-0.3, -0.25) is 0 Å². The second kappa shape index (κ2) is 13.9. The van der Waals surface area contributed by atoms with Crippen LogP contribution < -0.4 is 24.3 Å².